The van der Waals surface area contributed by atoms with Gasteiger partial charge in [-0.2, -0.15) is 0 Å². The predicted octanol–water partition coefficient (Wildman–Crippen LogP) is 2.35. The molecule has 1 fully saturated rings. The zero-order chi connectivity index (χ0) is 10.8. The highest BCUT2D eigenvalue weighted by atomic mass is 32.1. The van der Waals surface area contributed by atoms with Crippen molar-refractivity contribution in [1.29, 1.82) is 0 Å². The van der Waals surface area contributed by atoms with Crippen LogP contribution in [0.5, 0.6) is 0 Å². The molecule has 0 bridgehead atoms. The Morgan fingerprint density at radius 3 is 3.07 bits per heavy atom. The SMILES string of the molecule is CCC1CC(C)CN1Cc1cnc(N)s1. The van der Waals surface area contributed by atoms with E-state index in [1.807, 2.05) is 6.20 Å². The number of thiazole rings is 1. The van der Waals surface area contributed by atoms with Gasteiger partial charge in [0.2, 0.25) is 0 Å². The largest absolute Gasteiger partial charge is 0.375 e. The average molecular weight is 225 g/mol. The monoisotopic (exact) mass is 225 g/mol. The molecule has 2 atom stereocenters. The van der Waals surface area contributed by atoms with Crippen molar-refractivity contribution in [2.45, 2.75) is 39.3 Å². The van der Waals surface area contributed by atoms with Crippen molar-refractivity contribution < 1.29 is 0 Å². The lowest BCUT2D eigenvalue weighted by Gasteiger charge is -2.22. The van der Waals surface area contributed by atoms with Crippen molar-refractivity contribution in [1.82, 2.24) is 9.88 Å². The minimum atomic E-state index is 0.685. The molecule has 2 heterocycles. The number of rotatable bonds is 3. The van der Waals surface area contributed by atoms with Crippen molar-refractivity contribution in [3.05, 3.63) is 11.1 Å². The lowest BCUT2D eigenvalue weighted by molar-refractivity contribution is 0.239. The van der Waals surface area contributed by atoms with Crippen molar-refractivity contribution in [2.75, 3.05) is 12.3 Å². The predicted molar refractivity (Wildman–Crippen MR) is 64.8 cm³/mol. The zero-order valence-electron chi connectivity index (χ0n) is 9.44. The van der Waals surface area contributed by atoms with Gasteiger partial charge >= 0.3 is 0 Å². The summed E-state index contributed by atoms with van der Waals surface area (Å²) in [5.74, 6) is 0.834. The lowest BCUT2D eigenvalue weighted by Crippen LogP contribution is -2.27. The number of aromatic nitrogens is 1. The van der Waals surface area contributed by atoms with Crippen LogP contribution >= 0.6 is 11.3 Å². The van der Waals surface area contributed by atoms with Gasteiger partial charge in [-0.25, -0.2) is 4.98 Å². The summed E-state index contributed by atoms with van der Waals surface area (Å²) in [7, 11) is 0. The fourth-order valence-electron chi connectivity index (χ4n) is 2.45. The second-order valence-electron chi connectivity index (χ2n) is 4.50. The Morgan fingerprint density at radius 1 is 1.67 bits per heavy atom. The van der Waals surface area contributed by atoms with Crippen molar-refractivity contribution >= 4 is 16.5 Å². The molecule has 1 aromatic rings. The summed E-state index contributed by atoms with van der Waals surface area (Å²) >= 11 is 1.61. The van der Waals surface area contributed by atoms with Gasteiger partial charge in [-0.1, -0.05) is 13.8 Å². The minimum absolute atomic E-state index is 0.685. The van der Waals surface area contributed by atoms with E-state index < -0.39 is 0 Å². The molecule has 2 N–H and O–H groups in total. The van der Waals surface area contributed by atoms with Crippen LogP contribution in [0.2, 0.25) is 0 Å². The molecule has 3 nitrogen and oxygen atoms in total. The maximum absolute atomic E-state index is 5.64. The first kappa shape index (κ1) is 10.9. The summed E-state index contributed by atoms with van der Waals surface area (Å²) in [6, 6.07) is 0.753. The van der Waals surface area contributed by atoms with Crippen LogP contribution in [0.15, 0.2) is 6.20 Å². The average Bonchev–Trinajstić information content (AvgIpc) is 2.73. The molecule has 15 heavy (non-hydrogen) atoms. The third-order valence-electron chi connectivity index (χ3n) is 3.14. The zero-order valence-corrected chi connectivity index (χ0v) is 10.3. The third-order valence-corrected chi connectivity index (χ3v) is 3.95. The number of nitrogens with two attached hydrogens (primary N) is 1. The molecule has 2 unspecified atom stereocenters. The van der Waals surface area contributed by atoms with E-state index in [1.165, 1.54) is 24.3 Å². The molecule has 0 aliphatic carbocycles. The molecular weight excluding hydrogens is 206 g/mol. The van der Waals surface area contributed by atoms with E-state index in [2.05, 4.69) is 23.7 Å². The van der Waals surface area contributed by atoms with Crippen LogP contribution in [0.3, 0.4) is 0 Å². The molecule has 0 spiro atoms. The highest BCUT2D eigenvalue weighted by Gasteiger charge is 2.28. The molecule has 1 aromatic heterocycles. The van der Waals surface area contributed by atoms with E-state index in [0.29, 0.717) is 5.13 Å². The van der Waals surface area contributed by atoms with Crippen LogP contribution in [0.25, 0.3) is 0 Å². The number of hydrogen-bond acceptors (Lipinski definition) is 4. The first-order chi connectivity index (χ1) is 7.19. The van der Waals surface area contributed by atoms with Gasteiger partial charge in [-0.3, -0.25) is 4.90 Å². The Hall–Kier alpha value is -0.610. The Bertz CT molecular complexity index is 323. The van der Waals surface area contributed by atoms with Crippen LogP contribution in [0.1, 0.15) is 31.6 Å². The van der Waals surface area contributed by atoms with Gasteiger partial charge in [0.1, 0.15) is 0 Å². The Balaban J connectivity index is 1.99. The van der Waals surface area contributed by atoms with Crippen molar-refractivity contribution in [3.63, 3.8) is 0 Å². The summed E-state index contributed by atoms with van der Waals surface area (Å²) in [6.45, 7) is 6.86. The second-order valence-corrected chi connectivity index (χ2v) is 5.64. The molecule has 0 saturated carbocycles. The standard InChI is InChI=1S/C11H19N3S/c1-3-9-4-8(2)6-14(9)7-10-5-13-11(12)15-10/h5,8-9H,3-4,6-7H2,1-2H3,(H2,12,13). The molecule has 1 aliphatic heterocycles. The summed E-state index contributed by atoms with van der Waals surface area (Å²) in [6.07, 6.45) is 4.50. The Morgan fingerprint density at radius 2 is 2.47 bits per heavy atom. The van der Waals surface area contributed by atoms with Crippen molar-refractivity contribution in [3.8, 4) is 0 Å². The molecular formula is C11H19N3S. The quantitative estimate of drug-likeness (QED) is 0.858. The van der Waals surface area contributed by atoms with Crippen LogP contribution in [0, 0.1) is 5.92 Å². The van der Waals surface area contributed by atoms with Crippen molar-refractivity contribution in [2.24, 2.45) is 5.92 Å². The fraction of sp³-hybridized carbons (Fsp3) is 0.727. The normalized spacial score (nSPS) is 27.3. The molecule has 0 radical (unpaired) electrons. The third kappa shape index (κ3) is 2.49. The second kappa shape index (κ2) is 4.49. The minimum Gasteiger partial charge on any atom is -0.375 e. The summed E-state index contributed by atoms with van der Waals surface area (Å²) in [4.78, 5) is 7.96. The first-order valence-corrected chi connectivity index (χ1v) is 6.45. The van der Waals surface area contributed by atoms with Crippen LogP contribution < -0.4 is 5.73 Å². The van der Waals surface area contributed by atoms with Crippen LogP contribution in [-0.4, -0.2) is 22.5 Å². The number of nitrogens with zero attached hydrogens (tertiary/aromatic N) is 2. The molecule has 84 valence electrons. The van der Waals surface area contributed by atoms with E-state index in [4.69, 9.17) is 5.73 Å². The molecule has 2 rings (SSSR count). The van der Waals surface area contributed by atoms with E-state index in [-0.39, 0.29) is 0 Å². The maximum atomic E-state index is 5.64. The number of anilines is 1. The van der Waals surface area contributed by atoms with E-state index in [1.54, 1.807) is 11.3 Å². The number of hydrogen-bond donors (Lipinski definition) is 1. The Kier molecular flexibility index (Phi) is 3.26. The fourth-order valence-corrected chi connectivity index (χ4v) is 3.16. The molecule has 4 heteroatoms. The summed E-state index contributed by atoms with van der Waals surface area (Å²) in [5, 5.41) is 0.685. The van der Waals surface area contributed by atoms with E-state index in [9.17, 15) is 0 Å². The van der Waals surface area contributed by atoms with Gasteiger partial charge in [0, 0.05) is 30.2 Å². The van der Waals surface area contributed by atoms with Crippen LogP contribution in [-0.2, 0) is 6.54 Å². The molecule has 1 saturated heterocycles. The van der Waals surface area contributed by atoms with Gasteiger partial charge in [0.15, 0.2) is 5.13 Å². The smallest absolute Gasteiger partial charge is 0.180 e. The highest BCUT2D eigenvalue weighted by molar-refractivity contribution is 7.15. The number of likely N-dealkylation sites (tertiary alicyclic amines) is 1. The van der Waals surface area contributed by atoms with E-state index in [0.717, 1.165) is 18.5 Å². The topological polar surface area (TPSA) is 42.2 Å². The molecule has 1 aliphatic rings. The van der Waals surface area contributed by atoms with Crippen LogP contribution in [0.4, 0.5) is 5.13 Å². The van der Waals surface area contributed by atoms with E-state index >= 15 is 0 Å². The van der Waals surface area contributed by atoms with Gasteiger partial charge in [-0.15, -0.1) is 11.3 Å². The summed E-state index contributed by atoms with van der Waals surface area (Å²) < 4.78 is 0. The highest BCUT2D eigenvalue weighted by Crippen LogP contribution is 2.28. The van der Waals surface area contributed by atoms with Gasteiger partial charge in [0.05, 0.1) is 0 Å². The molecule has 0 amide bonds. The first-order valence-electron chi connectivity index (χ1n) is 5.63. The maximum Gasteiger partial charge on any atom is 0.180 e. The Labute approximate surface area is 95.3 Å². The van der Waals surface area contributed by atoms with Gasteiger partial charge in [0.25, 0.3) is 0 Å². The molecule has 0 aromatic carbocycles. The lowest BCUT2D eigenvalue weighted by atomic mass is 10.1. The number of nitrogen functional groups attached to an aromatic ring is 1. The van der Waals surface area contributed by atoms with Gasteiger partial charge < -0.3 is 5.73 Å². The summed E-state index contributed by atoms with van der Waals surface area (Å²) in [5.41, 5.74) is 5.64. The van der Waals surface area contributed by atoms with Gasteiger partial charge in [-0.05, 0) is 18.8 Å².